The zero-order valence-corrected chi connectivity index (χ0v) is 6.18. The van der Waals surface area contributed by atoms with Gasteiger partial charge in [-0.3, -0.25) is 9.78 Å². The van der Waals surface area contributed by atoms with E-state index in [0.29, 0.717) is 6.29 Å². The smallest absolute Gasteiger partial charge is 0.319 e. The summed E-state index contributed by atoms with van der Waals surface area (Å²) in [5, 5.41) is 8.56. The fourth-order valence-corrected chi connectivity index (χ4v) is 0.814. The monoisotopic (exact) mass is 165 g/mol. The summed E-state index contributed by atoms with van der Waals surface area (Å²) in [7, 11) is 0. The van der Waals surface area contributed by atoms with Crippen LogP contribution in [0.4, 0.5) is 0 Å². The van der Waals surface area contributed by atoms with Crippen LogP contribution >= 0.6 is 0 Å². The minimum atomic E-state index is -1.18. The molecule has 62 valence electrons. The Bertz CT molecular complexity index is 284. The molecule has 0 saturated carbocycles. The lowest BCUT2D eigenvalue weighted by Crippen LogP contribution is -2.13. The van der Waals surface area contributed by atoms with Gasteiger partial charge in [0.05, 0.1) is 5.69 Å². The topological polar surface area (TPSA) is 67.3 Å². The number of aldehydes is 1. The molecule has 0 aliphatic heterocycles. The maximum Gasteiger partial charge on any atom is 0.319 e. The summed E-state index contributed by atoms with van der Waals surface area (Å²) in [5.41, 5.74) is 0.264. The molecule has 4 heteroatoms. The van der Waals surface area contributed by atoms with E-state index in [2.05, 4.69) is 4.98 Å². The Labute approximate surface area is 68.9 Å². The number of carboxylic acids is 1. The number of carbonyl (C=O) groups excluding carboxylic acids is 1. The minimum absolute atomic E-state index is 0.264. The molecule has 4 nitrogen and oxygen atoms in total. The maximum absolute atomic E-state index is 10.5. The molecule has 1 aromatic rings. The molecule has 1 aromatic heterocycles. The number of aromatic nitrogens is 1. The van der Waals surface area contributed by atoms with Gasteiger partial charge in [0.25, 0.3) is 0 Å². The standard InChI is InChI=1S/C8H7NO3/c10-5-6(8(11)12)7-3-1-2-4-9-7/h1-6H,(H,11,12). The highest BCUT2D eigenvalue weighted by Gasteiger charge is 2.19. The van der Waals surface area contributed by atoms with Crippen LogP contribution in [-0.2, 0) is 9.59 Å². The predicted molar refractivity (Wildman–Crippen MR) is 40.7 cm³/mol. The average molecular weight is 165 g/mol. The van der Waals surface area contributed by atoms with E-state index in [1.807, 2.05) is 0 Å². The van der Waals surface area contributed by atoms with E-state index in [-0.39, 0.29) is 5.69 Å². The average Bonchev–Trinajstić information content (AvgIpc) is 2.07. The third-order valence-corrected chi connectivity index (χ3v) is 1.41. The van der Waals surface area contributed by atoms with Gasteiger partial charge in [-0.1, -0.05) is 6.07 Å². The molecule has 0 bridgehead atoms. The summed E-state index contributed by atoms with van der Waals surface area (Å²) < 4.78 is 0. The van der Waals surface area contributed by atoms with Gasteiger partial charge < -0.3 is 9.90 Å². The van der Waals surface area contributed by atoms with E-state index in [4.69, 9.17) is 5.11 Å². The molecule has 1 N–H and O–H groups in total. The second-order valence-electron chi connectivity index (χ2n) is 2.21. The predicted octanol–water partition coefficient (Wildman–Crippen LogP) is 0.449. The molecule has 0 amide bonds. The van der Waals surface area contributed by atoms with Crippen molar-refractivity contribution in [2.24, 2.45) is 0 Å². The second-order valence-corrected chi connectivity index (χ2v) is 2.21. The normalized spacial score (nSPS) is 12.0. The third-order valence-electron chi connectivity index (χ3n) is 1.41. The molecular formula is C8H7NO3. The lowest BCUT2D eigenvalue weighted by molar-refractivity contribution is -0.140. The first-order chi connectivity index (χ1) is 5.75. The van der Waals surface area contributed by atoms with Crippen LogP contribution in [0.25, 0.3) is 0 Å². The molecule has 0 saturated heterocycles. The van der Waals surface area contributed by atoms with Crippen LogP contribution in [-0.4, -0.2) is 22.3 Å². The van der Waals surface area contributed by atoms with E-state index in [0.717, 1.165) is 0 Å². The van der Waals surface area contributed by atoms with Crippen LogP contribution in [0, 0.1) is 0 Å². The number of pyridine rings is 1. The largest absolute Gasteiger partial charge is 0.480 e. The van der Waals surface area contributed by atoms with Gasteiger partial charge in [-0.2, -0.15) is 0 Å². The molecule has 12 heavy (non-hydrogen) atoms. The van der Waals surface area contributed by atoms with Crippen molar-refractivity contribution in [3.05, 3.63) is 30.1 Å². The van der Waals surface area contributed by atoms with Gasteiger partial charge in [0.1, 0.15) is 6.29 Å². The molecule has 0 radical (unpaired) electrons. The number of hydrogen-bond acceptors (Lipinski definition) is 3. The van der Waals surface area contributed by atoms with Gasteiger partial charge in [-0.05, 0) is 12.1 Å². The second kappa shape index (κ2) is 3.61. The molecule has 1 unspecified atom stereocenters. The zero-order chi connectivity index (χ0) is 8.97. The van der Waals surface area contributed by atoms with Crippen molar-refractivity contribution in [1.82, 2.24) is 4.98 Å². The van der Waals surface area contributed by atoms with Gasteiger partial charge >= 0.3 is 5.97 Å². The molecule has 1 rings (SSSR count). The number of hydrogen-bond donors (Lipinski definition) is 1. The van der Waals surface area contributed by atoms with E-state index in [9.17, 15) is 9.59 Å². The molecule has 1 atom stereocenters. The summed E-state index contributed by atoms with van der Waals surface area (Å²) in [6, 6.07) is 4.81. The first-order valence-electron chi connectivity index (χ1n) is 3.34. The first-order valence-corrected chi connectivity index (χ1v) is 3.34. The molecular weight excluding hydrogens is 158 g/mol. The van der Waals surface area contributed by atoms with E-state index < -0.39 is 11.9 Å². The fourth-order valence-electron chi connectivity index (χ4n) is 0.814. The van der Waals surface area contributed by atoms with E-state index in [1.54, 1.807) is 12.1 Å². The lowest BCUT2D eigenvalue weighted by Gasteiger charge is -2.01. The van der Waals surface area contributed by atoms with E-state index >= 15 is 0 Å². The first kappa shape index (κ1) is 8.39. The van der Waals surface area contributed by atoms with Gasteiger partial charge in [-0.15, -0.1) is 0 Å². The highest BCUT2D eigenvalue weighted by atomic mass is 16.4. The Morgan fingerprint density at radius 3 is 2.75 bits per heavy atom. The maximum atomic E-state index is 10.5. The number of rotatable bonds is 3. The van der Waals surface area contributed by atoms with Crippen LogP contribution in [0.2, 0.25) is 0 Å². The third kappa shape index (κ3) is 1.66. The molecule has 0 aliphatic rings. The molecule has 0 fully saturated rings. The van der Waals surface area contributed by atoms with Crippen molar-refractivity contribution in [2.45, 2.75) is 5.92 Å². The Kier molecular flexibility index (Phi) is 2.53. The number of nitrogens with zero attached hydrogens (tertiary/aromatic N) is 1. The van der Waals surface area contributed by atoms with Gasteiger partial charge in [0.2, 0.25) is 0 Å². The molecule has 0 aromatic carbocycles. The quantitative estimate of drug-likeness (QED) is 0.521. The van der Waals surface area contributed by atoms with Crippen molar-refractivity contribution < 1.29 is 14.7 Å². The van der Waals surface area contributed by atoms with Gasteiger partial charge in [0, 0.05) is 6.20 Å². The summed E-state index contributed by atoms with van der Waals surface area (Å²) in [6.07, 6.45) is 1.82. The zero-order valence-electron chi connectivity index (χ0n) is 6.18. The fraction of sp³-hybridized carbons (Fsp3) is 0.125. The SMILES string of the molecule is O=CC(C(=O)O)c1ccccn1. The summed E-state index contributed by atoms with van der Waals surface area (Å²) in [6.45, 7) is 0. The Morgan fingerprint density at radius 2 is 2.33 bits per heavy atom. The number of aliphatic carboxylic acids is 1. The van der Waals surface area contributed by atoms with Crippen molar-refractivity contribution in [3.8, 4) is 0 Å². The van der Waals surface area contributed by atoms with Crippen molar-refractivity contribution in [3.63, 3.8) is 0 Å². The summed E-state index contributed by atoms with van der Waals surface area (Å²) in [5.74, 6) is -2.32. The highest BCUT2D eigenvalue weighted by Crippen LogP contribution is 2.08. The van der Waals surface area contributed by atoms with Gasteiger partial charge in [0.15, 0.2) is 5.92 Å². The van der Waals surface area contributed by atoms with Crippen LogP contribution in [0.3, 0.4) is 0 Å². The number of carbonyl (C=O) groups is 2. The molecule has 1 heterocycles. The number of carboxylic acid groups (broad SMARTS) is 1. The summed E-state index contributed by atoms with van der Waals surface area (Å²) in [4.78, 5) is 24.5. The lowest BCUT2D eigenvalue weighted by atomic mass is 10.1. The van der Waals surface area contributed by atoms with Crippen LogP contribution < -0.4 is 0 Å². The minimum Gasteiger partial charge on any atom is -0.480 e. The Balaban J connectivity index is 2.95. The Hall–Kier alpha value is -1.71. The van der Waals surface area contributed by atoms with Crippen molar-refractivity contribution in [1.29, 1.82) is 0 Å². The molecule has 0 spiro atoms. The Morgan fingerprint density at radius 1 is 1.58 bits per heavy atom. The van der Waals surface area contributed by atoms with Crippen LogP contribution in [0.1, 0.15) is 11.6 Å². The van der Waals surface area contributed by atoms with E-state index in [1.165, 1.54) is 12.3 Å². The summed E-state index contributed by atoms with van der Waals surface area (Å²) >= 11 is 0. The van der Waals surface area contributed by atoms with Crippen molar-refractivity contribution >= 4 is 12.3 Å². The van der Waals surface area contributed by atoms with Crippen LogP contribution in [0.15, 0.2) is 24.4 Å². The molecule has 0 aliphatic carbocycles. The van der Waals surface area contributed by atoms with Crippen molar-refractivity contribution in [2.75, 3.05) is 0 Å². The van der Waals surface area contributed by atoms with Crippen LogP contribution in [0.5, 0.6) is 0 Å². The highest BCUT2D eigenvalue weighted by molar-refractivity contribution is 5.92. The van der Waals surface area contributed by atoms with Gasteiger partial charge in [-0.25, -0.2) is 0 Å².